The van der Waals surface area contributed by atoms with Crippen molar-refractivity contribution in [2.24, 2.45) is 0 Å². The van der Waals surface area contributed by atoms with Crippen LogP contribution in [0.2, 0.25) is 0 Å². The van der Waals surface area contributed by atoms with Gasteiger partial charge in [-0.15, -0.1) is 0 Å². The molecule has 1 amide bonds. The molecular weight excluding hydrogens is 342 g/mol. The van der Waals surface area contributed by atoms with Crippen LogP contribution in [0.3, 0.4) is 0 Å². The Balaban J connectivity index is 1.87. The molecule has 5 heteroatoms. The number of nitrogens with zero attached hydrogens (tertiary/aromatic N) is 2. The molecule has 0 spiro atoms. The van der Waals surface area contributed by atoms with Crippen molar-refractivity contribution >= 4 is 28.1 Å². The molecule has 1 N–H and O–H groups in total. The highest BCUT2D eigenvalue weighted by Gasteiger charge is 2.18. The number of nitrogens with one attached hydrogen (secondary N) is 1. The number of thiophene rings is 1. The van der Waals surface area contributed by atoms with Crippen LogP contribution in [0.4, 0.5) is 0 Å². The van der Waals surface area contributed by atoms with Gasteiger partial charge in [0.2, 0.25) is 0 Å². The van der Waals surface area contributed by atoms with E-state index in [1.54, 1.807) is 11.3 Å². The van der Waals surface area contributed by atoms with E-state index >= 15 is 0 Å². The fourth-order valence-electron chi connectivity index (χ4n) is 3.03. The number of rotatable bonds is 6. The van der Waals surface area contributed by atoms with E-state index in [0.29, 0.717) is 12.1 Å². The van der Waals surface area contributed by atoms with Crippen LogP contribution in [-0.4, -0.2) is 36.4 Å². The van der Waals surface area contributed by atoms with E-state index in [-0.39, 0.29) is 17.9 Å². The molecule has 4 nitrogen and oxygen atoms in total. The van der Waals surface area contributed by atoms with E-state index in [1.807, 2.05) is 44.4 Å². The second-order valence-corrected chi connectivity index (χ2v) is 7.79. The number of likely N-dealkylation sites (N-methyl/N-ethyl adjacent to an activating group) is 1. The molecule has 3 aromatic rings. The summed E-state index contributed by atoms with van der Waals surface area (Å²) in [5, 5.41) is 8.22. The Morgan fingerprint density at radius 1 is 1.23 bits per heavy atom. The van der Waals surface area contributed by atoms with Gasteiger partial charge in [0.15, 0.2) is 0 Å². The second kappa shape index (κ2) is 7.98. The Kier molecular flexibility index (Phi) is 5.69. The van der Waals surface area contributed by atoms with Crippen LogP contribution in [0.25, 0.3) is 10.9 Å². The Morgan fingerprint density at radius 3 is 2.65 bits per heavy atom. The van der Waals surface area contributed by atoms with Crippen LogP contribution in [0.5, 0.6) is 0 Å². The Hall–Kier alpha value is -2.24. The van der Waals surface area contributed by atoms with Crippen LogP contribution < -0.4 is 5.32 Å². The summed E-state index contributed by atoms with van der Waals surface area (Å²) in [5.74, 6) is 0.221. The average Bonchev–Trinajstić information content (AvgIpc) is 3.14. The highest BCUT2D eigenvalue weighted by Crippen LogP contribution is 2.23. The minimum Gasteiger partial charge on any atom is -0.350 e. The number of benzene rings is 1. The number of aromatic nitrogens is 1. The third-order valence-corrected chi connectivity index (χ3v) is 5.28. The van der Waals surface area contributed by atoms with Gasteiger partial charge < -0.3 is 10.2 Å². The van der Waals surface area contributed by atoms with Crippen molar-refractivity contribution in [3.63, 3.8) is 0 Å². The molecule has 136 valence electrons. The van der Waals surface area contributed by atoms with Gasteiger partial charge in [-0.3, -0.25) is 9.78 Å². The maximum atomic E-state index is 13.0. The van der Waals surface area contributed by atoms with Gasteiger partial charge in [0.05, 0.1) is 17.1 Å². The molecule has 0 unspecified atom stereocenters. The quantitative estimate of drug-likeness (QED) is 0.700. The minimum absolute atomic E-state index is 0.0485. The predicted octanol–water partition coefficient (Wildman–Crippen LogP) is 4.45. The molecule has 0 aliphatic carbocycles. The first-order valence-corrected chi connectivity index (χ1v) is 9.78. The third kappa shape index (κ3) is 3.94. The summed E-state index contributed by atoms with van der Waals surface area (Å²) < 4.78 is 0. The normalized spacial score (nSPS) is 12.7. The van der Waals surface area contributed by atoms with E-state index in [4.69, 9.17) is 4.98 Å². The van der Waals surface area contributed by atoms with E-state index in [2.05, 4.69) is 40.9 Å². The molecule has 0 radical (unpaired) electrons. The van der Waals surface area contributed by atoms with Gasteiger partial charge in [0.1, 0.15) is 0 Å². The maximum absolute atomic E-state index is 13.0. The second-order valence-electron chi connectivity index (χ2n) is 7.01. The van der Waals surface area contributed by atoms with Crippen molar-refractivity contribution in [3.05, 3.63) is 64.0 Å². The zero-order valence-electron chi connectivity index (χ0n) is 15.7. The molecule has 2 heterocycles. The Morgan fingerprint density at radius 2 is 2.00 bits per heavy atom. The summed E-state index contributed by atoms with van der Waals surface area (Å²) in [6.07, 6.45) is 0. The molecule has 0 saturated heterocycles. The lowest BCUT2D eigenvalue weighted by Gasteiger charge is -2.24. The highest BCUT2D eigenvalue weighted by molar-refractivity contribution is 7.07. The molecule has 1 atom stereocenters. The van der Waals surface area contributed by atoms with Crippen LogP contribution in [0.1, 0.15) is 47.4 Å². The Bertz CT molecular complexity index is 887. The van der Waals surface area contributed by atoms with Gasteiger partial charge in [-0.1, -0.05) is 32.0 Å². The number of carbonyl (C=O) groups is 1. The van der Waals surface area contributed by atoms with Crippen LogP contribution in [0.15, 0.2) is 47.2 Å². The number of pyridine rings is 1. The van der Waals surface area contributed by atoms with Gasteiger partial charge in [-0.2, -0.15) is 11.3 Å². The third-order valence-electron chi connectivity index (χ3n) is 4.58. The van der Waals surface area contributed by atoms with E-state index in [1.165, 1.54) is 5.56 Å². The van der Waals surface area contributed by atoms with Crippen molar-refractivity contribution in [1.29, 1.82) is 0 Å². The number of fused-ring (bicyclic) bond motifs is 1. The van der Waals surface area contributed by atoms with E-state index in [9.17, 15) is 4.79 Å². The highest BCUT2D eigenvalue weighted by atomic mass is 32.1. The molecule has 26 heavy (non-hydrogen) atoms. The van der Waals surface area contributed by atoms with Crippen molar-refractivity contribution < 1.29 is 4.79 Å². The topological polar surface area (TPSA) is 45.2 Å². The zero-order chi connectivity index (χ0) is 18.7. The SMILES string of the molecule is CC(C)c1cc(C(=O)NC[C@H](c2ccsc2)N(C)C)c2ccccc2n1. The largest absolute Gasteiger partial charge is 0.350 e. The van der Waals surface area contributed by atoms with Gasteiger partial charge in [0.25, 0.3) is 5.91 Å². The smallest absolute Gasteiger partial charge is 0.252 e. The lowest BCUT2D eigenvalue weighted by atomic mass is 10.0. The summed E-state index contributed by atoms with van der Waals surface area (Å²) in [6, 6.07) is 12.0. The molecule has 0 saturated carbocycles. The van der Waals surface area contributed by atoms with Crippen molar-refractivity contribution in [2.45, 2.75) is 25.8 Å². The summed E-state index contributed by atoms with van der Waals surface area (Å²) in [4.78, 5) is 19.8. The van der Waals surface area contributed by atoms with Gasteiger partial charge in [-0.05, 0) is 54.5 Å². The lowest BCUT2D eigenvalue weighted by Crippen LogP contribution is -2.34. The van der Waals surface area contributed by atoms with Crippen molar-refractivity contribution in [2.75, 3.05) is 20.6 Å². The molecule has 1 aromatic carbocycles. The average molecular weight is 368 g/mol. The van der Waals surface area contributed by atoms with Crippen LogP contribution in [0, 0.1) is 0 Å². The van der Waals surface area contributed by atoms with Gasteiger partial charge in [-0.25, -0.2) is 0 Å². The van der Waals surface area contributed by atoms with Crippen LogP contribution >= 0.6 is 11.3 Å². The summed E-state index contributed by atoms with van der Waals surface area (Å²) in [6.45, 7) is 4.76. The van der Waals surface area contributed by atoms with Gasteiger partial charge in [0, 0.05) is 17.6 Å². The molecule has 3 rings (SSSR count). The first-order chi connectivity index (χ1) is 12.5. The minimum atomic E-state index is -0.0485. The fraction of sp³-hybridized carbons (Fsp3) is 0.333. The molecule has 0 fully saturated rings. The first-order valence-electron chi connectivity index (χ1n) is 8.83. The molecule has 0 aliphatic heterocycles. The molecule has 2 aromatic heterocycles. The maximum Gasteiger partial charge on any atom is 0.252 e. The number of carbonyl (C=O) groups excluding carboxylic acids is 1. The molecule has 0 bridgehead atoms. The number of amides is 1. The monoisotopic (exact) mass is 367 g/mol. The fourth-order valence-corrected chi connectivity index (χ4v) is 3.73. The van der Waals surface area contributed by atoms with Gasteiger partial charge >= 0.3 is 0 Å². The van der Waals surface area contributed by atoms with E-state index < -0.39 is 0 Å². The molecular formula is C21H25N3OS. The number of hydrogen-bond acceptors (Lipinski definition) is 4. The number of para-hydroxylation sites is 1. The van der Waals surface area contributed by atoms with Crippen LogP contribution in [-0.2, 0) is 0 Å². The first kappa shape index (κ1) is 18.5. The summed E-state index contributed by atoms with van der Waals surface area (Å²) in [5.41, 5.74) is 3.73. The summed E-state index contributed by atoms with van der Waals surface area (Å²) >= 11 is 1.68. The predicted molar refractivity (Wildman–Crippen MR) is 109 cm³/mol. The lowest BCUT2D eigenvalue weighted by molar-refractivity contribution is 0.0943. The zero-order valence-corrected chi connectivity index (χ0v) is 16.5. The standard InChI is InChI=1S/C21H25N3OS/c1-14(2)19-11-17(16-7-5-6-8-18(16)23-19)21(25)22-12-20(24(3)4)15-9-10-26-13-15/h5-11,13-14,20H,12H2,1-4H3,(H,22,25)/t20-/m1/s1. The van der Waals surface area contributed by atoms with Crippen molar-refractivity contribution in [3.8, 4) is 0 Å². The number of hydrogen-bond donors (Lipinski definition) is 1. The molecule has 0 aliphatic rings. The van der Waals surface area contributed by atoms with E-state index in [0.717, 1.165) is 16.6 Å². The van der Waals surface area contributed by atoms with Crippen molar-refractivity contribution in [1.82, 2.24) is 15.2 Å². The Labute approximate surface area is 158 Å². The summed E-state index contributed by atoms with van der Waals surface area (Å²) in [7, 11) is 4.07.